The maximum atomic E-state index is 14.1. The number of carbonyl (C=O) groups excluding carboxylic acids is 1. The second-order valence-corrected chi connectivity index (χ2v) is 16.4. The molecule has 0 aromatic carbocycles. The van der Waals surface area contributed by atoms with E-state index in [1.807, 2.05) is 41.5 Å². The summed E-state index contributed by atoms with van der Waals surface area (Å²) in [5, 5.41) is 35.5. The molecule has 0 radical (unpaired) electrons. The Labute approximate surface area is 279 Å². The molecule has 3 N–H and O–H groups in total. The molecule has 16 atom stereocenters. The molecule has 0 bridgehead atoms. The highest BCUT2D eigenvalue weighted by Gasteiger charge is 2.50. The van der Waals surface area contributed by atoms with Crippen molar-refractivity contribution in [2.24, 2.45) is 35.5 Å². The first-order chi connectivity index (χ1) is 21.3. The minimum absolute atomic E-state index is 0.00406. The average Bonchev–Trinajstić information content (AvgIpc) is 3.38. The molecule has 3 fully saturated rings. The first kappa shape index (κ1) is 39.6. The monoisotopic (exact) mass is 656 g/mol. The third kappa shape index (κ3) is 9.25. The molecule has 0 aromatic heterocycles. The van der Waals surface area contributed by atoms with E-state index in [4.69, 9.17) is 23.7 Å². The maximum Gasteiger partial charge on any atom is 0.311 e. The first-order valence-electron chi connectivity index (χ1n) is 18.1. The normalized spacial score (nSPS) is 50.4. The van der Waals surface area contributed by atoms with Crippen LogP contribution in [-0.2, 0) is 28.5 Å². The molecule has 3 rings (SSSR count). The van der Waals surface area contributed by atoms with E-state index in [9.17, 15) is 20.1 Å². The first-order valence-corrected chi connectivity index (χ1v) is 18.1. The molecule has 270 valence electrons. The van der Waals surface area contributed by atoms with Crippen molar-refractivity contribution in [3.05, 3.63) is 0 Å². The SMILES string of the molecule is CC[C@H]1OC(=O)[C@H](C)[C@@H](O[C@H]2C[C@](C)(OC)CC(C)O2)[C@H](C)[C@@H](OC2CCCC2C)[C@](C)(O)C[C@@H](C)CC(C)C(C)C(O)[C@]1(C)O. The molecule has 1 saturated carbocycles. The van der Waals surface area contributed by atoms with E-state index in [0.717, 1.165) is 25.7 Å². The van der Waals surface area contributed by atoms with Gasteiger partial charge in [0.1, 0.15) is 11.7 Å². The summed E-state index contributed by atoms with van der Waals surface area (Å²) in [6.07, 6.45) is 1.59. The fourth-order valence-corrected chi connectivity index (χ4v) is 8.82. The predicted octanol–water partition coefficient (Wildman–Crippen LogP) is 6.03. The summed E-state index contributed by atoms with van der Waals surface area (Å²) < 4.78 is 31.9. The van der Waals surface area contributed by atoms with Gasteiger partial charge >= 0.3 is 5.97 Å². The molecular formula is C37H68O9. The lowest BCUT2D eigenvalue weighted by molar-refractivity contribution is -0.275. The van der Waals surface area contributed by atoms with Gasteiger partial charge in [0, 0.05) is 25.9 Å². The number of ether oxygens (including phenoxy) is 5. The van der Waals surface area contributed by atoms with Crippen LogP contribution in [0.15, 0.2) is 0 Å². The van der Waals surface area contributed by atoms with Crippen molar-refractivity contribution in [1.82, 2.24) is 0 Å². The van der Waals surface area contributed by atoms with Crippen LogP contribution in [0.2, 0.25) is 0 Å². The second kappa shape index (κ2) is 15.8. The van der Waals surface area contributed by atoms with E-state index in [1.54, 1.807) is 21.0 Å². The van der Waals surface area contributed by atoms with Crippen LogP contribution in [0.4, 0.5) is 0 Å². The Morgan fingerprint density at radius 3 is 2.11 bits per heavy atom. The van der Waals surface area contributed by atoms with Gasteiger partial charge in [-0.25, -0.2) is 0 Å². The summed E-state index contributed by atoms with van der Waals surface area (Å²) in [5.41, 5.74) is -3.37. The molecule has 2 aliphatic heterocycles. The zero-order valence-electron chi connectivity index (χ0n) is 31.0. The van der Waals surface area contributed by atoms with Crippen molar-refractivity contribution in [1.29, 1.82) is 0 Å². The minimum atomic E-state index is -1.67. The summed E-state index contributed by atoms with van der Waals surface area (Å²) in [6.45, 7) is 21.4. The smallest absolute Gasteiger partial charge is 0.311 e. The number of aliphatic hydroxyl groups is 3. The Kier molecular flexibility index (Phi) is 13.6. The van der Waals surface area contributed by atoms with Gasteiger partial charge in [-0.1, -0.05) is 48.0 Å². The Hall–Kier alpha value is -0.810. The van der Waals surface area contributed by atoms with Gasteiger partial charge in [-0.3, -0.25) is 4.79 Å². The molecular weight excluding hydrogens is 588 g/mol. The van der Waals surface area contributed by atoms with Crippen molar-refractivity contribution in [3.63, 3.8) is 0 Å². The quantitative estimate of drug-likeness (QED) is 0.294. The Balaban J connectivity index is 2.11. The molecule has 0 spiro atoms. The number of methoxy groups -OCH3 is 1. The number of aliphatic hydroxyl groups excluding tert-OH is 1. The average molecular weight is 657 g/mol. The molecule has 2 saturated heterocycles. The molecule has 46 heavy (non-hydrogen) atoms. The highest BCUT2D eigenvalue weighted by molar-refractivity contribution is 5.73. The molecule has 9 nitrogen and oxygen atoms in total. The van der Waals surface area contributed by atoms with Gasteiger partial charge in [-0.05, 0) is 90.4 Å². The number of carbonyl (C=O) groups is 1. The van der Waals surface area contributed by atoms with Gasteiger partial charge in [0.25, 0.3) is 0 Å². The molecule has 3 aliphatic rings. The highest BCUT2D eigenvalue weighted by atomic mass is 16.7. The highest BCUT2D eigenvalue weighted by Crippen LogP contribution is 2.42. The molecule has 0 aromatic rings. The van der Waals surface area contributed by atoms with Crippen LogP contribution in [0.3, 0.4) is 0 Å². The summed E-state index contributed by atoms with van der Waals surface area (Å²) >= 11 is 0. The number of esters is 1. The van der Waals surface area contributed by atoms with Gasteiger partial charge in [-0.2, -0.15) is 0 Å². The van der Waals surface area contributed by atoms with E-state index >= 15 is 0 Å². The van der Waals surface area contributed by atoms with Crippen molar-refractivity contribution in [2.45, 2.75) is 187 Å². The van der Waals surface area contributed by atoms with Gasteiger partial charge in [-0.15, -0.1) is 0 Å². The van der Waals surface area contributed by atoms with E-state index in [1.165, 1.54) is 0 Å². The number of cyclic esters (lactones) is 1. The van der Waals surface area contributed by atoms with E-state index in [2.05, 4.69) is 20.8 Å². The third-order valence-electron chi connectivity index (χ3n) is 11.9. The zero-order chi connectivity index (χ0) is 34.8. The van der Waals surface area contributed by atoms with E-state index in [0.29, 0.717) is 31.6 Å². The minimum Gasteiger partial charge on any atom is -0.459 e. The predicted molar refractivity (Wildman–Crippen MR) is 178 cm³/mol. The van der Waals surface area contributed by atoms with Crippen LogP contribution in [0.25, 0.3) is 0 Å². The molecule has 0 amide bonds. The van der Waals surface area contributed by atoms with Gasteiger partial charge in [0.05, 0.1) is 47.6 Å². The van der Waals surface area contributed by atoms with E-state index < -0.39 is 65.3 Å². The maximum absolute atomic E-state index is 14.1. The second-order valence-electron chi connectivity index (χ2n) is 16.4. The van der Waals surface area contributed by atoms with E-state index in [-0.39, 0.29) is 30.0 Å². The van der Waals surface area contributed by atoms with Crippen LogP contribution in [0.5, 0.6) is 0 Å². The van der Waals surface area contributed by atoms with Gasteiger partial charge in [0.2, 0.25) is 0 Å². The number of rotatable bonds is 6. The Morgan fingerprint density at radius 1 is 0.891 bits per heavy atom. The fourth-order valence-electron chi connectivity index (χ4n) is 8.82. The van der Waals surface area contributed by atoms with Crippen molar-refractivity contribution < 1.29 is 43.8 Å². The number of hydrogen-bond acceptors (Lipinski definition) is 9. The summed E-state index contributed by atoms with van der Waals surface area (Å²) in [6, 6.07) is 0. The van der Waals surface area contributed by atoms with Crippen LogP contribution in [-0.4, -0.2) is 88.1 Å². The van der Waals surface area contributed by atoms with Gasteiger partial charge < -0.3 is 39.0 Å². The molecule has 9 heteroatoms. The van der Waals surface area contributed by atoms with Crippen LogP contribution < -0.4 is 0 Å². The lowest BCUT2D eigenvalue weighted by Gasteiger charge is -2.46. The van der Waals surface area contributed by atoms with Gasteiger partial charge in [0.15, 0.2) is 6.29 Å². The molecule has 1 aliphatic carbocycles. The third-order valence-corrected chi connectivity index (χ3v) is 11.9. The Bertz CT molecular complexity index is 970. The summed E-state index contributed by atoms with van der Waals surface area (Å²) in [5.74, 6) is -1.55. The topological polar surface area (TPSA) is 124 Å². The number of hydrogen-bond donors (Lipinski definition) is 3. The van der Waals surface area contributed by atoms with Crippen molar-refractivity contribution in [3.8, 4) is 0 Å². The van der Waals surface area contributed by atoms with Crippen LogP contribution >= 0.6 is 0 Å². The standard InChI is InChI=1S/C37H68O9/c1-13-29-37(11,41)32(38)25(6)23(4)17-21(2)18-36(10,40)33(44-28-16-14-15-22(28)3)26(7)31(27(8)34(39)45-29)46-30-20-35(9,42-12)19-24(5)43-30/h21-33,38,40-41H,13-20H2,1-12H3/t21-,22?,23?,24?,25?,26-,27+,28?,29+,30-,31-,32?,33+,35+,36+,37+/m0/s1. The van der Waals surface area contributed by atoms with Crippen LogP contribution in [0, 0.1) is 35.5 Å². The lowest BCUT2D eigenvalue weighted by Crippen LogP contribution is -2.56. The fraction of sp³-hybridized carbons (Fsp3) is 0.973. The summed E-state index contributed by atoms with van der Waals surface area (Å²) in [4.78, 5) is 14.1. The van der Waals surface area contributed by atoms with Crippen molar-refractivity contribution >= 4 is 5.97 Å². The summed E-state index contributed by atoms with van der Waals surface area (Å²) in [7, 11) is 1.69. The lowest BCUT2D eigenvalue weighted by atomic mass is 9.73. The Morgan fingerprint density at radius 2 is 1.54 bits per heavy atom. The zero-order valence-corrected chi connectivity index (χ0v) is 31.0. The van der Waals surface area contributed by atoms with Crippen LogP contribution in [0.1, 0.15) is 128 Å². The largest absolute Gasteiger partial charge is 0.459 e. The molecule has 2 heterocycles. The van der Waals surface area contributed by atoms with Crippen molar-refractivity contribution in [2.75, 3.05) is 7.11 Å². The molecule has 6 unspecified atom stereocenters.